The van der Waals surface area contributed by atoms with Crippen molar-refractivity contribution >= 4 is 11.7 Å². The summed E-state index contributed by atoms with van der Waals surface area (Å²) in [6, 6.07) is -0.777. The second-order valence-electron chi connectivity index (χ2n) is 6.57. The van der Waals surface area contributed by atoms with E-state index < -0.39 is 11.5 Å². The first-order chi connectivity index (χ1) is 8.16. The summed E-state index contributed by atoms with van der Waals surface area (Å²) >= 11 is 0. The predicted octanol–water partition coefficient (Wildman–Crippen LogP) is 1.58. The van der Waals surface area contributed by atoms with E-state index >= 15 is 0 Å². The monoisotopic (exact) mass is 254 g/mol. The van der Waals surface area contributed by atoms with Crippen molar-refractivity contribution in [1.29, 1.82) is 0 Å². The minimum atomic E-state index is -0.502. The van der Waals surface area contributed by atoms with Gasteiger partial charge in [0.1, 0.15) is 0 Å². The van der Waals surface area contributed by atoms with E-state index in [2.05, 4.69) is 0 Å². The molecule has 1 rings (SSSR count). The van der Waals surface area contributed by atoms with Gasteiger partial charge in [0.15, 0.2) is 5.78 Å². The molecule has 0 aliphatic carbocycles. The van der Waals surface area contributed by atoms with Crippen molar-refractivity contribution in [2.75, 3.05) is 6.54 Å². The van der Waals surface area contributed by atoms with E-state index in [1.807, 2.05) is 34.6 Å². The zero-order chi connectivity index (χ0) is 14.1. The van der Waals surface area contributed by atoms with Crippen molar-refractivity contribution in [3.8, 4) is 0 Å². The molecular formula is C14H26N2O2. The molecule has 1 amide bonds. The number of amides is 1. The van der Waals surface area contributed by atoms with Gasteiger partial charge in [0.2, 0.25) is 5.91 Å². The number of hydrogen-bond acceptors (Lipinski definition) is 3. The van der Waals surface area contributed by atoms with Crippen LogP contribution in [0.15, 0.2) is 0 Å². The molecule has 2 atom stereocenters. The Kier molecular flexibility index (Phi) is 4.54. The average molecular weight is 254 g/mol. The van der Waals surface area contributed by atoms with Gasteiger partial charge in [-0.2, -0.15) is 0 Å². The molecule has 4 nitrogen and oxygen atoms in total. The molecule has 2 N–H and O–H groups in total. The van der Waals surface area contributed by atoms with E-state index in [1.54, 1.807) is 4.90 Å². The van der Waals surface area contributed by atoms with Crippen LogP contribution in [-0.4, -0.2) is 35.2 Å². The maximum Gasteiger partial charge on any atom is 0.240 e. The first-order valence-corrected chi connectivity index (χ1v) is 6.76. The number of rotatable bonds is 3. The number of nitrogens with zero attached hydrogens (tertiary/aromatic N) is 1. The smallest absolute Gasteiger partial charge is 0.240 e. The van der Waals surface area contributed by atoms with Crippen molar-refractivity contribution in [3.05, 3.63) is 0 Å². The van der Waals surface area contributed by atoms with E-state index in [9.17, 15) is 9.59 Å². The van der Waals surface area contributed by atoms with Gasteiger partial charge in [-0.15, -0.1) is 0 Å². The molecule has 0 spiro atoms. The summed E-state index contributed by atoms with van der Waals surface area (Å²) < 4.78 is 0. The fourth-order valence-corrected chi connectivity index (χ4v) is 2.28. The summed E-state index contributed by atoms with van der Waals surface area (Å²) in [4.78, 5) is 26.3. The van der Waals surface area contributed by atoms with E-state index in [1.165, 1.54) is 0 Å². The molecule has 104 valence electrons. The van der Waals surface area contributed by atoms with Crippen molar-refractivity contribution in [3.63, 3.8) is 0 Å². The molecule has 0 unspecified atom stereocenters. The van der Waals surface area contributed by atoms with E-state index in [0.29, 0.717) is 6.54 Å². The molecule has 1 aliphatic heterocycles. The first-order valence-electron chi connectivity index (χ1n) is 6.76. The molecule has 0 bridgehead atoms. The van der Waals surface area contributed by atoms with Crippen LogP contribution in [0.1, 0.15) is 47.5 Å². The average Bonchev–Trinajstić information content (AvgIpc) is 2.73. The summed E-state index contributed by atoms with van der Waals surface area (Å²) in [7, 11) is 0. The van der Waals surface area contributed by atoms with Gasteiger partial charge in [-0.3, -0.25) is 9.59 Å². The molecule has 1 aliphatic rings. The Morgan fingerprint density at radius 1 is 1.28 bits per heavy atom. The lowest BCUT2D eigenvalue weighted by Gasteiger charge is -2.31. The fraction of sp³-hybridized carbons (Fsp3) is 0.857. The molecule has 0 aromatic heterocycles. The summed E-state index contributed by atoms with van der Waals surface area (Å²) in [5.74, 6) is 0.165. The molecular weight excluding hydrogens is 228 g/mol. The van der Waals surface area contributed by atoms with Gasteiger partial charge in [-0.25, -0.2) is 0 Å². The largest absolute Gasteiger partial charge is 0.331 e. The highest BCUT2D eigenvalue weighted by atomic mass is 16.2. The Balaban J connectivity index is 2.83. The van der Waals surface area contributed by atoms with Crippen LogP contribution in [-0.2, 0) is 9.59 Å². The van der Waals surface area contributed by atoms with Crippen LogP contribution >= 0.6 is 0 Å². The molecule has 0 saturated carbocycles. The predicted molar refractivity (Wildman–Crippen MR) is 72.0 cm³/mol. The van der Waals surface area contributed by atoms with Crippen LogP contribution in [0.3, 0.4) is 0 Å². The second-order valence-corrected chi connectivity index (χ2v) is 6.57. The summed E-state index contributed by atoms with van der Waals surface area (Å²) in [6.07, 6.45) is 1.66. The zero-order valence-corrected chi connectivity index (χ0v) is 12.2. The topological polar surface area (TPSA) is 63.4 Å². The van der Waals surface area contributed by atoms with Crippen molar-refractivity contribution in [1.82, 2.24) is 4.90 Å². The van der Waals surface area contributed by atoms with Crippen molar-refractivity contribution in [2.45, 2.75) is 59.5 Å². The quantitative estimate of drug-likeness (QED) is 0.831. The molecule has 0 aromatic carbocycles. The lowest BCUT2D eigenvalue weighted by atomic mass is 9.85. The minimum Gasteiger partial charge on any atom is -0.331 e. The Labute approximate surface area is 110 Å². The maximum absolute atomic E-state index is 12.3. The van der Waals surface area contributed by atoms with Crippen molar-refractivity contribution < 1.29 is 9.59 Å². The highest BCUT2D eigenvalue weighted by molar-refractivity contribution is 5.94. The minimum absolute atomic E-state index is 0.0786. The number of Topliss-reactive ketones (excluding diaryl/α,β-unsaturated/α-hetero) is 1. The third-order valence-corrected chi connectivity index (χ3v) is 3.58. The molecule has 18 heavy (non-hydrogen) atoms. The summed E-state index contributed by atoms with van der Waals surface area (Å²) in [5, 5.41) is 0. The third-order valence-electron chi connectivity index (χ3n) is 3.58. The molecule has 1 heterocycles. The van der Waals surface area contributed by atoms with Crippen molar-refractivity contribution in [2.24, 2.45) is 17.1 Å². The highest BCUT2D eigenvalue weighted by Crippen LogP contribution is 2.27. The molecule has 4 heteroatoms. The number of carbonyl (C=O) groups is 2. The Bertz CT molecular complexity index is 331. The number of hydrogen-bond donors (Lipinski definition) is 1. The SMILES string of the molecule is CC(C)[C@H](N)C(=O)N1CCC[C@H]1C(=O)C(C)(C)C. The number of likely N-dealkylation sites (tertiary alicyclic amines) is 1. The number of nitrogens with two attached hydrogens (primary N) is 1. The van der Waals surface area contributed by atoms with Gasteiger partial charge in [0, 0.05) is 12.0 Å². The van der Waals surface area contributed by atoms with Gasteiger partial charge in [0.25, 0.3) is 0 Å². The Morgan fingerprint density at radius 3 is 2.28 bits per heavy atom. The van der Waals surface area contributed by atoms with Crippen LogP contribution in [0.2, 0.25) is 0 Å². The van der Waals surface area contributed by atoms with E-state index in [4.69, 9.17) is 5.73 Å². The fourth-order valence-electron chi connectivity index (χ4n) is 2.28. The van der Waals surface area contributed by atoms with Crippen LogP contribution in [0.5, 0.6) is 0 Å². The van der Waals surface area contributed by atoms with Gasteiger partial charge in [0.05, 0.1) is 12.1 Å². The van der Waals surface area contributed by atoms with Gasteiger partial charge in [-0.1, -0.05) is 34.6 Å². The standard InChI is InChI=1S/C14H26N2O2/c1-9(2)11(15)13(18)16-8-6-7-10(16)12(17)14(3,4)5/h9-11H,6-8,15H2,1-5H3/t10-,11-/m0/s1. The lowest BCUT2D eigenvalue weighted by molar-refractivity contribution is -0.142. The van der Waals surface area contributed by atoms with Crippen LogP contribution in [0.25, 0.3) is 0 Å². The molecule has 1 saturated heterocycles. The first kappa shape index (κ1) is 15.2. The van der Waals surface area contributed by atoms with Gasteiger partial charge < -0.3 is 10.6 Å². The van der Waals surface area contributed by atoms with E-state index in [0.717, 1.165) is 12.8 Å². The normalized spacial score (nSPS) is 22.4. The number of carbonyl (C=O) groups excluding carboxylic acids is 2. The molecule has 0 radical (unpaired) electrons. The van der Waals surface area contributed by atoms with Gasteiger partial charge in [-0.05, 0) is 18.8 Å². The van der Waals surface area contributed by atoms with Crippen LogP contribution in [0.4, 0.5) is 0 Å². The maximum atomic E-state index is 12.3. The van der Waals surface area contributed by atoms with E-state index in [-0.39, 0.29) is 23.7 Å². The highest BCUT2D eigenvalue weighted by Gasteiger charge is 2.40. The van der Waals surface area contributed by atoms with Crippen LogP contribution in [0, 0.1) is 11.3 Å². The Morgan fingerprint density at radius 2 is 1.83 bits per heavy atom. The third kappa shape index (κ3) is 3.10. The number of ketones is 1. The molecule has 0 aromatic rings. The van der Waals surface area contributed by atoms with Gasteiger partial charge >= 0.3 is 0 Å². The molecule has 1 fully saturated rings. The van der Waals surface area contributed by atoms with Crippen LogP contribution < -0.4 is 5.73 Å². The second kappa shape index (κ2) is 5.39. The zero-order valence-electron chi connectivity index (χ0n) is 12.2. The summed E-state index contributed by atoms with van der Waals surface area (Å²) in [5.41, 5.74) is 5.50. The summed E-state index contributed by atoms with van der Waals surface area (Å²) in [6.45, 7) is 10.2. The lowest BCUT2D eigenvalue weighted by Crippen LogP contribution is -2.52. The Hall–Kier alpha value is -0.900.